The number of hydrogen-bond acceptors (Lipinski definition) is 5. The lowest BCUT2D eigenvalue weighted by Crippen LogP contribution is -2.25. The first-order valence-electron chi connectivity index (χ1n) is 10.6. The molecule has 1 aliphatic rings. The molecule has 0 saturated heterocycles. The third-order valence-corrected chi connectivity index (χ3v) is 5.50. The molecule has 0 atom stereocenters. The molecule has 1 aliphatic heterocycles. The highest BCUT2D eigenvalue weighted by Gasteiger charge is 2.19. The Kier molecular flexibility index (Phi) is 5.44. The SMILES string of the molecule is COc1ccc(-c2cc(C(=O)NCc3ccc4c(c3)OCO4)n(-c3ccc(C)cc3)n2)cc1. The molecule has 0 saturated carbocycles. The highest BCUT2D eigenvalue weighted by molar-refractivity contribution is 5.94. The van der Waals surface area contributed by atoms with Gasteiger partial charge >= 0.3 is 0 Å². The molecule has 1 amide bonds. The number of hydrogen-bond donors (Lipinski definition) is 1. The highest BCUT2D eigenvalue weighted by atomic mass is 16.7. The van der Waals surface area contributed by atoms with E-state index >= 15 is 0 Å². The van der Waals surface area contributed by atoms with Crippen molar-refractivity contribution in [2.75, 3.05) is 13.9 Å². The predicted molar refractivity (Wildman–Crippen MR) is 124 cm³/mol. The molecule has 5 rings (SSSR count). The zero-order chi connectivity index (χ0) is 22.8. The summed E-state index contributed by atoms with van der Waals surface area (Å²) in [5, 5.41) is 7.73. The van der Waals surface area contributed by atoms with E-state index in [1.54, 1.807) is 17.9 Å². The standard InChI is InChI=1S/C26H23N3O4/c1-17-3-8-20(9-4-17)29-23(14-22(28-29)19-6-10-21(31-2)11-7-19)26(30)27-15-18-5-12-24-25(13-18)33-16-32-24/h3-14H,15-16H2,1-2H3,(H,27,30). The summed E-state index contributed by atoms with van der Waals surface area (Å²) >= 11 is 0. The van der Waals surface area contributed by atoms with Crippen LogP contribution in [-0.4, -0.2) is 29.6 Å². The Bertz CT molecular complexity index is 1290. The van der Waals surface area contributed by atoms with Crippen molar-refractivity contribution in [3.63, 3.8) is 0 Å². The van der Waals surface area contributed by atoms with Crippen LogP contribution in [0.15, 0.2) is 72.8 Å². The molecule has 0 aliphatic carbocycles. The molecule has 0 bridgehead atoms. The van der Waals surface area contributed by atoms with Gasteiger partial charge in [-0.05, 0) is 67.1 Å². The lowest BCUT2D eigenvalue weighted by molar-refractivity contribution is 0.0943. The summed E-state index contributed by atoms with van der Waals surface area (Å²) in [5.74, 6) is 1.94. The number of nitrogens with zero attached hydrogens (tertiary/aromatic N) is 2. The van der Waals surface area contributed by atoms with Crippen LogP contribution >= 0.6 is 0 Å². The van der Waals surface area contributed by atoms with Gasteiger partial charge in [0.1, 0.15) is 11.4 Å². The number of rotatable bonds is 6. The van der Waals surface area contributed by atoms with Crippen molar-refractivity contribution in [3.8, 4) is 34.2 Å². The maximum atomic E-state index is 13.2. The van der Waals surface area contributed by atoms with Gasteiger partial charge in [0.25, 0.3) is 5.91 Å². The van der Waals surface area contributed by atoms with E-state index < -0.39 is 0 Å². The van der Waals surface area contributed by atoms with E-state index in [9.17, 15) is 4.79 Å². The molecule has 7 nitrogen and oxygen atoms in total. The predicted octanol–water partition coefficient (Wildman–Crippen LogP) is 4.52. The van der Waals surface area contributed by atoms with Crippen molar-refractivity contribution < 1.29 is 19.0 Å². The number of nitrogens with one attached hydrogen (secondary N) is 1. The maximum Gasteiger partial charge on any atom is 0.270 e. The zero-order valence-corrected chi connectivity index (χ0v) is 18.4. The van der Waals surface area contributed by atoms with Gasteiger partial charge in [-0.2, -0.15) is 5.10 Å². The monoisotopic (exact) mass is 441 g/mol. The fraction of sp³-hybridized carbons (Fsp3) is 0.154. The normalized spacial score (nSPS) is 11.9. The summed E-state index contributed by atoms with van der Waals surface area (Å²) in [7, 11) is 1.63. The minimum atomic E-state index is -0.222. The molecule has 0 fully saturated rings. The maximum absolute atomic E-state index is 13.2. The fourth-order valence-electron chi connectivity index (χ4n) is 3.65. The van der Waals surface area contributed by atoms with E-state index in [2.05, 4.69) is 5.32 Å². The topological polar surface area (TPSA) is 74.6 Å². The Balaban J connectivity index is 1.44. The number of benzene rings is 3. The van der Waals surface area contributed by atoms with Crippen LogP contribution in [0.4, 0.5) is 0 Å². The Morgan fingerprint density at radius 1 is 1.00 bits per heavy atom. The van der Waals surface area contributed by atoms with Gasteiger partial charge in [-0.3, -0.25) is 4.79 Å². The number of carbonyl (C=O) groups excluding carboxylic acids is 1. The van der Waals surface area contributed by atoms with Crippen LogP contribution in [0.2, 0.25) is 0 Å². The molecule has 0 radical (unpaired) electrons. The average molecular weight is 441 g/mol. The van der Waals surface area contributed by atoms with E-state index in [-0.39, 0.29) is 12.7 Å². The number of aryl methyl sites for hydroxylation is 1. The summed E-state index contributed by atoms with van der Waals surface area (Å²) < 4.78 is 17.7. The van der Waals surface area contributed by atoms with Crippen molar-refractivity contribution in [1.82, 2.24) is 15.1 Å². The van der Waals surface area contributed by atoms with Gasteiger partial charge in [0.15, 0.2) is 11.5 Å². The summed E-state index contributed by atoms with van der Waals surface area (Å²) in [6, 6.07) is 22.9. The Morgan fingerprint density at radius 2 is 1.76 bits per heavy atom. The van der Waals surface area contributed by atoms with E-state index in [1.807, 2.05) is 73.7 Å². The van der Waals surface area contributed by atoms with Crippen molar-refractivity contribution in [1.29, 1.82) is 0 Å². The fourth-order valence-corrected chi connectivity index (χ4v) is 3.65. The van der Waals surface area contributed by atoms with Gasteiger partial charge in [0.05, 0.1) is 18.5 Å². The Hall–Kier alpha value is -4.26. The minimum absolute atomic E-state index is 0.217. The molecule has 7 heteroatoms. The van der Waals surface area contributed by atoms with Crippen molar-refractivity contribution in [2.45, 2.75) is 13.5 Å². The van der Waals surface area contributed by atoms with Gasteiger partial charge < -0.3 is 19.5 Å². The third kappa shape index (κ3) is 4.25. The number of methoxy groups -OCH3 is 1. The number of aromatic nitrogens is 2. The zero-order valence-electron chi connectivity index (χ0n) is 18.4. The molecule has 3 aromatic carbocycles. The van der Waals surface area contributed by atoms with E-state index in [1.165, 1.54) is 0 Å². The molecular weight excluding hydrogens is 418 g/mol. The van der Waals surface area contributed by atoms with Crippen LogP contribution in [0.5, 0.6) is 17.2 Å². The second kappa shape index (κ2) is 8.70. The van der Waals surface area contributed by atoms with Crippen LogP contribution < -0.4 is 19.5 Å². The first-order chi connectivity index (χ1) is 16.1. The summed E-state index contributed by atoms with van der Waals surface area (Å²) in [6.07, 6.45) is 0. The molecule has 2 heterocycles. The largest absolute Gasteiger partial charge is 0.497 e. The van der Waals surface area contributed by atoms with Gasteiger partial charge in [-0.1, -0.05) is 23.8 Å². The Labute approximate surface area is 191 Å². The lowest BCUT2D eigenvalue weighted by atomic mass is 10.1. The van der Waals surface area contributed by atoms with E-state index in [0.717, 1.165) is 28.1 Å². The minimum Gasteiger partial charge on any atom is -0.497 e. The first-order valence-corrected chi connectivity index (χ1v) is 10.6. The smallest absolute Gasteiger partial charge is 0.270 e. The molecule has 1 aromatic heterocycles. The van der Waals surface area contributed by atoms with Crippen LogP contribution in [0.25, 0.3) is 16.9 Å². The van der Waals surface area contributed by atoms with Gasteiger partial charge in [0, 0.05) is 12.1 Å². The lowest BCUT2D eigenvalue weighted by Gasteiger charge is -2.09. The summed E-state index contributed by atoms with van der Waals surface area (Å²) in [5.41, 5.74) is 4.91. The Morgan fingerprint density at radius 3 is 2.52 bits per heavy atom. The molecule has 0 unspecified atom stereocenters. The molecule has 0 spiro atoms. The van der Waals surface area contributed by atoms with Gasteiger partial charge in [-0.15, -0.1) is 0 Å². The second-order valence-electron chi connectivity index (χ2n) is 7.76. The average Bonchev–Trinajstić information content (AvgIpc) is 3.50. The van der Waals surface area contributed by atoms with Crippen molar-refractivity contribution in [3.05, 3.63) is 89.6 Å². The van der Waals surface area contributed by atoms with Crippen molar-refractivity contribution >= 4 is 5.91 Å². The first kappa shape index (κ1) is 20.6. The molecule has 166 valence electrons. The number of carbonyl (C=O) groups is 1. The van der Waals surface area contributed by atoms with E-state index in [0.29, 0.717) is 29.4 Å². The number of ether oxygens (including phenoxy) is 3. The van der Waals surface area contributed by atoms with Crippen LogP contribution in [-0.2, 0) is 6.54 Å². The van der Waals surface area contributed by atoms with Crippen LogP contribution in [0.1, 0.15) is 21.6 Å². The van der Waals surface area contributed by atoms with E-state index in [4.69, 9.17) is 19.3 Å². The van der Waals surface area contributed by atoms with Crippen LogP contribution in [0.3, 0.4) is 0 Å². The number of amides is 1. The summed E-state index contributed by atoms with van der Waals surface area (Å²) in [4.78, 5) is 13.2. The van der Waals surface area contributed by atoms with Crippen molar-refractivity contribution in [2.24, 2.45) is 0 Å². The second-order valence-corrected chi connectivity index (χ2v) is 7.76. The molecular formula is C26H23N3O4. The number of fused-ring (bicyclic) bond motifs is 1. The summed E-state index contributed by atoms with van der Waals surface area (Å²) in [6.45, 7) is 2.59. The van der Waals surface area contributed by atoms with Crippen LogP contribution in [0, 0.1) is 6.92 Å². The van der Waals surface area contributed by atoms with Gasteiger partial charge in [0.2, 0.25) is 6.79 Å². The van der Waals surface area contributed by atoms with Gasteiger partial charge in [-0.25, -0.2) is 4.68 Å². The quantitative estimate of drug-likeness (QED) is 0.476. The third-order valence-electron chi connectivity index (χ3n) is 5.50. The molecule has 4 aromatic rings. The molecule has 1 N–H and O–H groups in total. The molecule has 33 heavy (non-hydrogen) atoms. The highest BCUT2D eigenvalue weighted by Crippen LogP contribution is 2.32.